The summed E-state index contributed by atoms with van der Waals surface area (Å²) in [4.78, 5) is 0. The topological polar surface area (TPSA) is 38.7 Å². The molecule has 1 unspecified atom stereocenters. The monoisotopic (exact) mass is 305 g/mol. The highest BCUT2D eigenvalue weighted by Gasteiger charge is 2.27. The SMILES string of the molecule is CC.CC.CC(C)(C)S(=O)/N=C/COCC(F)(F)F. The lowest BCUT2D eigenvalue weighted by atomic mass is 10.3. The fourth-order valence-electron chi connectivity index (χ4n) is 0.484. The molecule has 0 aromatic carbocycles. The Labute approximate surface area is 117 Å². The predicted molar refractivity (Wildman–Crippen MR) is 76.0 cm³/mol. The van der Waals surface area contributed by atoms with Gasteiger partial charge in [-0.2, -0.15) is 17.6 Å². The summed E-state index contributed by atoms with van der Waals surface area (Å²) in [6, 6.07) is 0. The van der Waals surface area contributed by atoms with Gasteiger partial charge in [0.15, 0.2) is 0 Å². The van der Waals surface area contributed by atoms with Crippen LogP contribution in [0.15, 0.2) is 4.40 Å². The zero-order valence-electron chi connectivity index (χ0n) is 12.8. The molecule has 0 aromatic rings. The standard InChI is InChI=1S/C8H14F3NO2S.2C2H6/c1-7(2,3)15(13)12-4-5-14-6-8(9,10)11;2*1-2/h4H,5-6H2,1-3H3;2*1-2H3/b12-4+;;. The van der Waals surface area contributed by atoms with E-state index in [1.807, 2.05) is 27.7 Å². The van der Waals surface area contributed by atoms with Gasteiger partial charge < -0.3 is 4.74 Å². The number of hydrogen-bond acceptors (Lipinski definition) is 2. The van der Waals surface area contributed by atoms with E-state index in [9.17, 15) is 17.4 Å². The van der Waals surface area contributed by atoms with Crippen molar-refractivity contribution >= 4 is 17.2 Å². The van der Waals surface area contributed by atoms with E-state index in [-0.39, 0.29) is 6.61 Å². The Hall–Kier alpha value is -0.430. The Morgan fingerprint density at radius 3 is 1.84 bits per heavy atom. The summed E-state index contributed by atoms with van der Waals surface area (Å²) in [5.41, 5.74) is 0. The van der Waals surface area contributed by atoms with Crippen LogP contribution in [0, 0.1) is 0 Å². The van der Waals surface area contributed by atoms with Crippen LogP contribution in [0.5, 0.6) is 0 Å². The smallest absolute Gasteiger partial charge is 0.366 e. The highest BCUT2D eigenvalue weighted by molar-refractivity contribution is 7.85. The molecule has 19 heavy (non-hydrogen) atoms. The van der Waals surface area contributed by atoms with E-state index in [4.69, 9.17) is 0 Å². The minimum Gasteiger partial charge on any atom is -0.366 e. The van der Waals surface area contributed by atoms with E-state index >= 15 is 0 Å². The molecule has 0 aliphatic rings. The molecule has 0 radical (unpaired) electrons. The van der Waals surface area contributed by atoms with Crippen LogP contribution in [-0.4, -0.2) is 34.6 Å². The second kappa shape index (κ2) is 12.6. The van der Waals surface area contributed by atoms with Crippen molar-refractivity contribution in [2.75, 3.05) is 13.2 Å². The average Bonchev–Trinajstić information content (AvgIpc) is 2.31. The Bertz CT molecular complexity index is 248. The maximum atomic E-state index is 11.6. The Kier molecular flexibility index (Phi) is 15.7. The lowest BCUT2D eigenvalue weighted by Crippen LogP contribution is -2.20. The minimum atomic E-state index is -4.34. The number of ether oxygens (including phenoxy) is 1. The third kappa shape index (κ3) is 20.1. The van der Waals surface area contributed by atoms with Crippen LogP contribution in [-0.2, 0) is 15.7 Å². The molecule has 0 aliphatic heterocycles. The van der Waals surface area contributed by atoms with Crippen LogP contribution in [0.3, 0.4) is 0 Å². The molecule has 0 spiro atoms. The van der Waals surface area contributed by atoms with Gasteiger partial charge in [-0.05, 0) is 20.8 Å². The molecule has 0 saturated heterocycles. The molecule has 0 aromatic heterocycles. The van der Waals surface area contributed by atoms with Crippen molar-refractivity contribution in [3.8, 4) is 0 Å². The molecule has 0 aliphatic carbocycles. The Morgan fingerprint density at radius 2 is 1.53 bits per heavy atom. The van der Waals surface area contributed by atoms with Crippen molar-refractivity contribution in [2.45, 2.75) is 59.4 Å². The van der Waals surface area contributed by atoms with Crippen LogP contribution in [0.4, 0.5) is 13.2 Å². The summed E-state index contributed by atoms with van der Waals surface area (Å²) >= 11 is 0. The lowest BCUT2D eigenvalue weighted by molar-refractivity contribution is -0.169. The van der Waals surface area contributed by atoms with Crippen molar-refractivity contribution in [2.24, 2.45) is 4.40 Å². The van der Waals surface area contributed by atoms with Gasteiger partial charge in [0.1, 0.15) is 17.6 Å². The van der Waals surface area contributed by atoms with Gasteiger partial charge in [-0.15, -0.1) is 0 Å². The van der Waals surface area contributed by atoms with Crippen LogP contribution < -0.4 is 0 Å². The Morgan fingerprint density at radius 1 is 1.11 bits per heavy atom. The van der Waals surface area contributed by atoms with E-state index in [1.54, 1.807) is 20.8 Å². The number of rotatable bonds is 4. The van der Waals surface area contributed by atoms with Crippen molar-refractivity contribution in [1.82, 2.24) is 0 Å². The third-order valence-corrected chi connectivity index (χ3v) is 2.54. The molecule has 7 heteroatoms. The van der Waals surface area contributed by atoms with Crippen molar-refractivity contribution in [1.29, 1.82) is 0 Å². The number of nitrogens with zero attached hydrogens (tertiary/aromatic N) is 1. The number of hydrogen-bond donors (Lipinski definition) is 0. The first kappa shape index (κ1) is 23.6. The van der Waals surface area contributed by atoms with Crippen LogP contribution in [0.2, 0.25) is 0 Å². The fourth-order valence-corrected chi connectivity index (χ4v) is 0.996. The van der Waals surface area contributed by atoms with Gasteiger partial charge in [0.25, 0.3) is 0 Å². The highest BCUT2D eigenvalue weighted by Crippen LogP contribution is 2.14. The van der Waals surface area contributed by atoms with Gasteiger partial charge >= 0.3 is 6.18 Å². The summed E-state index contributed by atoms with van der Waals surface area (Å²) in [5.74, 6) is 0. The molecule has 0 heterocycles. The molecular weight excluding hydrogens is 279 g/mol. The van der Waals surface area contributed by atoms with Crippen LogP contribution >= 0.6 is 0 Å². The normalized spacial score (nSPS) is 13.2. The molecule has 1 atom stereocenters. The van der Waals surface area contributed by atoms with E-state index in [0.29, 0.717) is 0 Å². The first-order valence-corrected chi connectivity index (χ1v) is 7.32. The molecule has 118 valence electrons. The summed E-state index contributed by atoms with van der Waals surface area (Å²) < 4.78 is 53.4. The quantitative estimate of drug-likeness (QED) is 0.578. The first-order valence-electron chi connectivity index (χ1n) is 6.22. The molecule has 0 saturated carbocycles. The van der Waals surface area contributed by atoms with Crippen molar-refractivity contribution in [3.05, 3.63) is 0 Å². The van der Waals surface area contributed by atoms with Gasteiger partial charge in [-0.3, -0.25) is 0 Å². The average molecular weight is 305 g/mol. The molecule has 0 N–H and O–H groups in total. The summed E-state index contributed by atoms with van der Waals surface area (Å²) in [6.45, 7) is 11.5. The van der Waals surface area contributed by atoms with Gasteiger partial charge in [0.2, 0.25) is 0 Å². The number of alkyl halides is 3. The van der Waals surface area contributed by atoms with Crippen LogP contribution in [0.1, 0.15) is 48.5 Å². The lowest BCUT2D eigenvalue weighted by Gasteiger charge is -2.12. The van der Waals surface area contributed by atoms with Crippen molar-refractivity contribution in [3.63, 3.8) is 0 Å². The second-order valence-corrected chi connectivity index (χ2v) is 5.71. The summed E-state index contributed by atoms with van der Waals surface area (Å²) in [5, 5.41) is 0. The van der Waals surface area contributed by atoms with E-state index < -0.39 is 28.5 Å². The van der Waals surface area contributed by atoms with E-state index in [0.717, 1.165) is 6.21 Å². The van der Waals surface area contributed by atoms with Gasteiger partial charge in [0, 0.05) is 6.21 Å². The zero-order valence-corrected chi connectivity index (χ0v) is 13.6. The first-order chi connectivity index (χ1) is 8.63. The summed E-state index contributed by atoms with van der Waals surface area (Å²) in [7, 11) is -1.45. The predicted octanol–water partition coefficient (Wildman–Crippen LogP) is 4.15. The molecular formula is C12H26F3NO2S. The maximum Gasteiger partial charge on any atom is 0.411 e. The minimum absolute atomic E-state index is 0.290. The number of halogens is 3. The maximum absolute atomic E-state index is 11.6. The van der Waals surface area contributed by atoms with Gasteiger partial charge in [-0.25, -0.2) is 4.21 Å². The second-order valence-electron chi connectivity index (χ2n) is 3.78. The summed E-state index contributed by atoms with van der Waals surface area (Å²) in [6.07, 6.45) is -3.25. The molecule has 0 amide bonds. The van der Waals surface area contributed by atoms with Gasteiger partial charge in [-0.1, -0.05) is 27.7 Å². The fraction of sp³-hybridized carbons (Fsp3) is 0.917. The highest BCUT2D eigenvalue weighted by atomic mass is 32.2. The van der Waals surface area contributed by atoms with Gasteiger partial charge in [0.05, 0.1) is 11.4 Å². The third-order valence-electron chi connectivity index (χ3n) is 1.15. The van der Waals surface area contributed by atoms with Crippen molar-refractivity contribution < 1.29 is 22.1 Å². The zero-order chi connectivity index (χ0) is 16.1. The Balaban J connectivity index is -0.000000579. The van der Waals surface area contributed by atoms with E-state index in [1.165, 1.54) is 0 Å². The molecule has 3 nitrogen and oxygen atoms in total. The largest absolute Gasteiger partial charge is 0.411 e. The molecule has 0 rings (SSSR count). The van der Waals surface area contributed by atoms with Crippen LogP contribution in [0.25, 0.3) is 0 Å². The molecule has 0 bridgehead atoms. The molecule has 0 fully saturated rings. The van der Waals surface area contributed by atoms with E-state index in [2.05, 4.69) is 9.13 Å².